The molecule has 0 aliphatic carbocycles. The molecule has 3 N–H and O–H groups in total. The molecule has 0 amide bonds. The summed E-state index contributed by atoms with van der Waals surface area (Å²) in [4.78, 5) is 0. The van der Waals surface area contributed by atoms with E-state index in [9.17, 15) is 18.3 Å². The Balaban J connectivity index is 2.49. The van der Waals surface area contributed by atoms with Gasteiger partial charge in [-0.2, -0.15) is 13.2 Å². The molecule has 0 saturated carbocycles. The molecule has 0 radical (unpaired) electrons. The average molecular weight is 291 g/mol. The van der Waals surface area contributed by atoms with Gasteiger partial charge in [0.25, 0.3) is 0 Å². The number of alkyl halides is 3. The standard InChI is InChI=1S/C14H20F3NO2/c1-10(3-2-8-19)18-9-13(20)11-4-6-12(7-5-11)14(15,16)17/h4-7,10,13,18-20H,2-3,8-9H2,1H3. The number of hydrogen-bond acceptors (Lipinski definition) is 3. The Morgan fingerprint density at radius 3 is 2.30 bits per heavy atom. The molecule has 3 nitrogen and oxygen atoms in total. The van der Waals surface area contributed by atoms with Gasteiger partial charge in [0, 0.05) is 19.2 Å². The number of halogens is 3. The Labute approximate surface area is 116 Å². The topological polar surface area (TPSA) is 52.5 Å². The van der Waals surface area contributed by atoms with Crippen molar-refractivity contribution in [3.63, 3.8) is 0 Å². The van der Waals surface area contributed by atoms with Crippen molar-refractivity contribution in [2.45, 2.75) is 38.1 Å². The van der Waals surface area contributed by atoms with Crippen molar-refractivity contribution in [3.05, 3.63) is 35.4 Å². The number of benzene rings is 1. The van der Waals surface area contributed by atoms with Crippen molar-refractivity contribution in [2.24, 2.45) is 0 Å². The molecule has 0 aliphatic rings. The van der Waals surface area contributed by atoms with Gasteiger partial charge in [0.05, 0.1) is 11.7 Å². The van der Waals surface area contributed by atoms with Crippen LogP contribution in [-0.4, -0.2) is 29.4 Å². The molecular weight excluding hydrogens is 271 g/mol. The van der Waals surface area contributed by atoms with E-state index >= 15 is 0 Å². The molecule has 0 aromatic heterocycles. The molecule has 6 heteroatoms. The number of nitrogens with one attached hydrogen (secondary N) is 1. The molecule has 2 atom stereocenters. The van der Waals surface area contributed by atoms with Crippen LogP contribution in [0.4, 0.5) is 13.2 Å². The lowest BCUT2D eigenvalue weighted by molar-refractivity contribution is -0.137. The number of aliphatic hydroxyl groups excluding tert-OH is 2. The van der Waals surface area contributed by atoms with Crippen molar-refractivity contribution in [2.75, 3.05) is 13.2 Å². The Kier molecular flexibility index (Phi) is 6.45. The van der Waals surface area contributed by atoms with Crippen LogP contribution in [-0.2, 0) is 6.18 Å². The molecule has 2 unspecified atom stereocenters. The highest BCUT2D eigenvalue weighted by Gasteiger charge is 2.30. The molecule has 0 saturated heterocycles. The molecule has 0 heterocycles. The van der Waals surface area contributed by atoms with Crippen LogP contribution in [0.15, 0.2) is 24.3 Å². The molecule has 0 aliphatic heterocycles. The summed E-state index contributed by atoms with van der Waals surface area (Å²) in [6.45, 7) is 2.31. The molecule has 114 valence electrons. The minimum atomic E-state index is -4.36. The smallest absolute Gasteiger partial charge is 0.396 e. The van der Waals surface area contributed by atoms with Crippen LogP contribution in [0.2, 0.25) is 0 Å². The van der Waals surface area contributed by atoms with E-state index < -0.39 is 17.8 Å². The molecule has 1 rings (SSSR count). The third kappa shape index (κ3) is 5.48. The maximum absolute atomic E-state index is 12.4. The summed E-state index contributed by atoms with van der Waals surface area (Å²) in [5.74, 6) is 0. The van der Waals surface area contributed by atoms with Gasteiger partial charge in [-0.15, -0.1) is 0 Å². The number of hydrogen-bond donors (Lipinski definition) is 3. The first-order chi connectivity index (χ1) is 9.34. The summed E-state index contributed by atoms with van der Waals surface area (Å²) in [6.07, 6.45) is -3.77. The zero-order valence-electron chi connectivity index (χ0n) is 11.3. The summed E-state index contributed by atoms with van der Waals surface area (Å²) in [6, 6.07) is 4.63. The fourth-order valence-corrected chi connectivity index (χ4v) is 1.82. The monoisotopic (exact) mass is 291 g/mol. The van der Waals surface area contributed by atoms with Crippen molar-refractivity contribution in [3.8, 4) is 0 Å². The Morgan fingerprint density at radius 1 is 1.20 bits per heavy atom. The van der Waals surface area contributed by atoms with E-state index in [4.69, 9.17) is 5.11 Å². The van der Waals surface area contributed by atoms with Gasteiger partial charge >= 0.3 is 6.18 Å². The van der Waals surface area contributed by atoms with Gasteiger partial charge < -0.3 is 15.5 Å². The van der Waals surface area contributed by atoms with E-state index in [1.54, 1.807) is 0 Å². The second-order valence-electron chi connectivity index (χ2n) is 4.81. The van der Waals surface area contributed by atoms with Crippen molar-refractivity contribution in [1.82, 2.24) is 5.32 Å². The maximum Gasteiger partial charge on any atom is 0.416 e. The lowest BCUT2D eigenvalue weighted by Crippen LogP contribution is -2.30. The first kappa shape index (κ1) is 16.9. The van der Waals surface area contributed by atoms with Crippen molar-refractivity contribution >= 4 is 0 Å². The van der Waals surface area contributed by atoms with Crippen LogP contribution in [0.1, 0.15) is 37.0 Å². The minimum absolute atomic E-state index is 0.119. The average Bonchev–Trinajstić information content (AvgIpc) is 2.41. The highest BCUT2D eigenvalue weighted by atomic mass is 19.4. The summed E-state index contributed by atoms with van der Waals surface area (Å²) in [5.41, 5.74) is -0.280. The largest absolute Gasteiger partial charge is 0.416 e. The first-order valence-electron chi connectivity index (χ1n) is 6.54. The van der Waals surface area contributed by atoms with Gasteiger partial charge in [0.15, 0.2) is 0 Å². The van der Waals surface area contributed by atoms with E-state index in [1.807, 2.05) is 6.92 Å². The van der Waals surface area contributed by atoms with Gasteiger partial charge in [-0.05, 0) is 37.5 Å². The molecule has 0 spiro atoms. The van der Waals surface area contributed by atoms with Crippen molar-refractivity contribution < 1.29 is 23.4 Å². The molecule has 0 fully saturated rings. The normalized spacial score (nSPS) is 15.1. The predicted molar refractivity (Wildman–Crippen MR) is 70.2 cm³/mol. The van der Waals surface area contributed by atoms with Gasteiger partial charge in [-0.3, -0.25) is 0 Å². The van der Waals surface area contributed by atoms with E-state index in [1.165, 1.54) is 12.1 Å². The fraction of sp³-hybridized carbons (Fsp3) is 0.571. The van der Waals surface area contributed by atoms with Crippen LogP contribution in [0.5, 0.6) is 0 Å². The van der Waals surface area contributed by atoms with E-state index in [2.05, 4.69) is 5.32 Å². The highest BCUT2D eigenvalue weighted by Crippen LogP contribution is 2.29. The van der Waals surface area contributed by atoms with Crippen LogP contribution < -0.4 is 5.32 Å². The minimum Gasteiger partial charge on any atom is -0.396 e. The van der Waals surface area contributed by atoms with Gasteiger partial charge in [0.2, 0.25) is 0 Å². The van der Waals surface area contributed by atoms with Crippen molar-refractivity contribution in [1.29, 1.82) is 0 Å². The lowest BCUT2D eigenvalue weighted by atomic mass is 10.1. The molecule has 1 aromatic rings. The Bertz CT molecular complexity index is 392. The molecule has 0 bridgehead atoms. The second-order valence-corrected chi connectivity index (χ2v) is 4.81. The summed E-state index contributed by atoms with van der Waals surface area (Å²) >= 11 is 0. The van der Waals surface area contributed by atoms with Gasteiger partial charge in [-0.25, -0.2) is 0 Å². The third-order valence-electron chi connectivity index (χ3n) is 3.08. The first-order valence-corrected chi connectivity index (χ1v) is 6.54. The molecular formula is C14H20F3NO2. The zero-order valence-corrected chi connectivity index (χ0v) is 11.3. The van der Waals surface area contributed by atoms with E-state index in [0.717, 1.165) is 18.6 Å². The van der Waals surface area contributed by atoms with Gasteiger partial charge in [0.1, 0.15) is 0 Å². The van der Waals surface area contributed by atoms with Crippen LogP contribution in [0.3, 0.4) is 0 Å². The predicted octanol–water partition coefficient (Wildman–Crippen LogP) is 2.49. The Morgan fingerprint density at radius 2 is 1.80 bits per heavy atom. The quantitative estimate of drug-likeness (QED) is 0.723. The second kappa shape index (κ2) is 7.61. The summed E-state index contributed by atoms with van der Waals surface area (Å²) in [7, 11) is 0. The van der Waals surface area contributed by atoms with Crippen LogP contribution in [0.25, 0.3) is 0 Å². The van der Waals surface area contributed by atoms with Gasteiger partial charge in [-0.1, -0.05) is 12.1 Å². The van der Waals surface area contributed by atoms with E-state index in [-0.39, 0.29) is 19.2 Å². The summed E-state index contributed by atoms with van der Waals surface area (Å²) < 4.78 is 37.2. The zero-order chi connectivity index (χ0) is 15.2. The molecule has 20 heavy (non-hydrogen) atoms. The SMILES string of the molecule is CC(CCCO)NCC(O)c1ccc(C(F)(F)F)cc1. The Hall–Kier alpha value is -1.11. The fourth-order valence-electron chi connectivity index (χ4n) is 1.82. The highest BCUT2D eigenvalue weighted by molar-refractivity contribution is 5.26. The van der Waals surface area contributed by atoms with Crippen LogP contribution in [0, 0.1) is 0 Å². The molecule has 1 aromatic carbocycles. The lowest BCUT2D eigenvalue weighted by Gasteiger charge is -2.17. The summed E-state index contributed by atoms with van der Waals surface area (Å²) in [5, 5.41) is 21.7. The maximum atomic E-state index is 12.4. The van der Waals surface area contributed by atoms with E-state index in [0.29, 0.717) is 12.0 Å². The van der Waals surface area contributed by atoms with Crippen LogP contribution >= 0.6 is 0 Å². The third-order valence-corrected chi connectivity index (χ3v) is 3.08. The number of rotatable bonds is 7. The number of aliphatic hydroxyl groups is 2.